The van der Waals surface area contributed by atoms with E-state index in [-0.39, 0.29) is 12.0 Å². The zero-order valence-electron chi connectivity index (χ0n) is 15.4. The third kappa shape index (κ3) is 3.26. The lowest BCUT2D eigenvalue weighted by Gasteiger charge is -2.35. The molecule has 0 bridgehead atoms. The number of ether oxygens (including phenoxy) is 1. The van der Waals surface area contributed by atoms with Crippen molar-refractivity contribution < 1.29 is 14.3 Å². The molecule has 4 rings (SSSR count). The number of hydrogen-bond donors (Lipinski definition) is 1. The van der Waals surface area contributed by atoms with Crippen molar-refractivity contribution in [1.82, 2.24) is 9.88 Å². The quantitative estimate of drug-likeness (QED) is 0.837. The molecule has 1 saturated heterocycles. The van der Waals surface area contributed by atoms with Gasteiger partial charge in [-0.2, -0.15) is 0 Å². The van der Waals surface area contributed by atoms with Crippen molar-refractivity contribution in [3.8, 4) is 0 Å². The molecule has 0 radical (unpaired) electrons. The van der Waals surface area contributed by atoms with Crippen LogP contribution in [-0.2, 0) is 4.74 Å². The van der Waals surface area contributed by atoms with Crippen LogP contribution in [0.4, 0.5) is 22.0 Å². The molecule has 7 nitrogen and oxygen atoms in total. The first-order valence-electron chi connectivity index (χ1n) is 9.11. The molecule has 0 saturated carbocycles. The van der Waals surface area contributed by atoms with Crippen molar-refractivity contribution in [2.24, 2.45) is 0 Å². The van der Waals surface area contributed by atoms with Gasteiger partial charge < -0.3 is 15.0 Å². The van der Waals surface area contributed by atoms with E-state index >= 15 is 0 Å². The molecule has 2 atom stereocenters. The number of benzene rings is 1. The molecule has 0 spiro atoms. The highest BCUT2D eigenvalue weighted by molar-refractivity contribution is 6.16. The number of aromatic nitrogens is 1. The van der Waals surface area contributed by atoms with Crippen LogP contribution in [0.5, 0.6) is 0 Å². The van der Waals surface area contributed by atoms with E-state index in [2.05, 4.69) is 29.2 Å². The Hall–Kier alpha value is -2.93. The first kappa shape index (κ1) is 17.5. The maximum Gasteiger partial charge on any atom is 0.420 e. The largest absolute Gasteiger partial charge is 0.445 e. The maximum atomic E-state index is 13.2. The lowest BCUT2D eigenvalue weighted by Crippen LogP contribution is -2.43. The summed E-state index contributed by atoms with van der Waals surface area (Å²) in [5.74, 6) is 0.0878. The Balaban J connectivity index is 1.70. The van der Waals surface area contributed by atoms with Gasteiger partial charge in [-0.15, -0.1) is 0 Å². The summed E-state index contributed by atoms with van der Waals surface area (Å²) >= 11 is 0. The normalized spacial score (nSPS) is 22.3. The molecule has 2 amide bonds. The summed E-state index contributed by atoms with van der Waals surface area (Å²) in [5, 5.41) is 2.82. The lowest BCUT2D eigenvalue weighted by molar-refractivity contribution is 0.0416. The number of hydrogen-bond acceptors (Lipinski definition) is 5. The average Bonchev–Trinajstić information content (AvgIpc) is 2.79. The Bertz CT molecular complexity index is 885. The third-order valence-electron chi connectivity index (χ3n) is 5.25. The fourth-order valence-corrected chi connectivity index (χ4v) is 3.57. The minimum absolute atomic E-state index is 0.157. The zero-order chi connectivity index (χ0) is 19.0. The van der Waals surface area contributed by atoms with Gasteiger partial charge in [0.1, 0.15) is 6.10 Å². The number of amides is 2. The first-order chi connectivity index (χ1) is 13.0. The number of para-hydroxylation sites is 1. The summed E-state index contributed by atoms with van der Waals surface area (Å²) in [6.07, 6.45) is 2.49. The number of anilines is 3. The van der Waals surface area contributed by atoms with Crippen LogP contribution in [-0.4, -0.2) is 47.6 Å². The lowest BCUT2D eigenvalue weighted by atomic mass is 10.0. The van der Waals surface area contributed by atoms with E-state index in [1.807, 2.05) is 0 Å². The maximum absolute atomic E-state index is 13.2. The Morgan fingerprint density at radius 3 is 2.89 bits per heavy atom. The summed E-state index contributed by atoms with van der Waals surface area (Å²) in [6, 6.07) is 10.8. The second kappa shape index (κ2) is 7.00. The number of nitrogens with zero attached hydrogens (tertiary/aromatic N) is 3. The number of rotatable bonds is 1. The van der Waals surface area contributed by atoms with Crippen LogP contribution in [0.3, 0.4) is 0 Å². The third-order valence-corrected chi connectivity index (χ3v) is 5.25. The summed E-state index contributed by atoms with van der Waals surface area (Å²) in [6.45, 7) is 3.01. The van der Waals surface area contributed by atoms with Crippen LogP contribution in [0, 0.1) is 0 Å². The van der Waals surface area contributed by atoms with Crippen LogP contribution in [0.1, 0.15) is 30.1 Å². The highest BCUT2D eigenvalue weighted by Gasteiger charge is 2.34. The highest BCUT2D eigenvalue weighted by atomic mass is 16.6. The fraction of sp³-hybridized carbons (Fsp3) is 0.350. The molecule has 27 heavy (non-hydrogen) atoms. The zero-order valence-corrected chi connectivity index (χ0v) is 15.4. The van der Waals surface area contributed by atoms with E-state index in [0.29, 0.717) is 28.8 Å². The topological polar surface area (TPSA) is 74.8 Å². The van der Waals surface area contributed by atoms with Crippen LogP contribution in [0.25, 0.3) is 0 Å². The second-order valence-electron chi connectivity index (χ2n) is 7.04. The minimum atomic E-state index is -0.513. The number of carbonyl (C=O) groups excluding carboxylic acids is 2. The van der Waals surface area contributed by atoms with Gasteiger partial charge in [0.25, 0.3) is 5.91 Å². The van der Waals surface area contributed by atoms with Gasteiger partial charge in [-0.25, -0.2) is 14.7 Å². The van der Waals surface area contributed by atoms with E-state index in [9.17, 15) is 9.59 Å². The Morgan fingerprint density at radius 1 is 1.26 bits per heavy atom. The predicted molar refractivity (Wildman–Crippen MR) is 102 cm³/mol. The van der Waals surface area contributed by atoms with Crippen LogP contribution in [0.15, 0.2) is 42.6 Å². The standard InChI is InChI=1S/C20H22N4O3/c1-13-12-14(9-11-23(13)2)27-20(26)24-17-8-4-3-6-15(17)19(25)22-16-7-5-10-21-18(16)24/h3-8,10,13-14H,9,11-12H2,1-2H3,(H,22,25). The molecule has 1 aromatic heterocycles. The molecule has 1 fully saturated rings. The van der Waals surface area contributed by atoms with Crippen LogP contribution < -0.4 is 10.2 Å². The molecule has 2 aliphatic heterocycles. The van der Waals surface area contributed by atoms with Crippen molar-refractivity contribution in [2.75, 3.05) is 23.8 Å². The van der Waals surface area contributed by atoms with Gasteiger partial charge in [0, 0.05) is 18.8 Å². The van der Waals surface area contributed by atoms with Gasteiger partial charge >= 0.3 is 6.09 Å². The average molecular weight is 366 g/mol. The molecule has 2 aromatic rings. The molecule has 1 N–H and O–H groups in total. The molecule has 7 heteroatoms. The monoisotopic (exact) mass is 366 g/mol. The molecule has 1 aromatic carbocycles. The summed E-state index contributed by atoms with van der Waals surface area (Å²) in [5.41, 5.74) is 1.36. The van der Waals surface area contributed by atoms with Gasteiger partial charge in [-0.1, -0.05) is 12.1 Å². The molecule has 0 aliphatic carbocycles. The summed E-state index contributed by atoms with van der Waals surface area (Å²) in [7, 11) is 2.07. The number of likely N-dealkylation sites (tertiary alicyclic amines) is 1. The first-order valence-corrected chi connectivity index (χ1v) is 9.11. The molecule has 2 unspecified atom stereocenters. The minimum Gasteiger partial charge on any atom is -0.445 e. The van der Waals surface area contributed by atoms with Gasteiger partial charge in [0.05, 0.1) is 16.9 Å². The van der Waals surface area contributed by atoms with Gasteiger partial charge in [0.2, 0.25) is 0 Å². The SMILES string of the molecule is CC1CC(OC(=O)N2c3ccccc3C(=O)Nc3cccnc32)CCN1C. The summed E-state index contributed by atoms with van der Waals surface area (Å²) in [4.78, 5) is 33.7. The van der Waals surface area contributed by atoms with E-state index in [0.717, 1.165) is 19.4 Å². The Kier molecular flexibility index (Phi) is 4.53. The van der Waals surface area contributed by atoms with Crippen molar-refractivity contribution in [3.05, 3.63) is 48.2 Å². The number of fused-ring (bicyclic) bond motifs is 2. The van der Waals surface area contributed by atoms with E-state index < -0.39 is 6.09 Å². The van der Waals surface area contributed by atoms with Crippen molar-refractivity contribution in [1.29, 1.82) is 0 Å². The smallest absolute Gasteiger partial charge is 0.420 e. The highest BCUT2D eigenvalue weighted by Crippen LogP contribution is 2.37. The number of piperidine rings is 1. The van der Waals surface area contributed by atoms with Crippen LogP contribution in [0.2, 0.25) is 0 Å². The molecular formula is C20H22N4O3. The van der Waals surface area contributed by atoms with Crippen molar-refractivity contribution in [2.45, 2.75) is 31.9 Å². The molecule has 140 valence electrons. The fourth-order valence-electron chi connectivity index (χ4n) is 3.57. The van der Waals surface area contributed by atoms with E-state index in [1.54, 1.807) is 42.6 Å². The summed E-state index contributed by atoms with van der Waals surface area (Å²) < 4.78 is 5.84. The van der Waals surface area contributed by atoms with Crippen molar-refractivity contribution >= 4 is 29.2 Å². The van der Waals surface area contributed by atoms with E-state index in [1.165, 1.54) is 4.90 Å². The van der Waals surface area contributed by atoms with E-state index in [4.69, 9.17) is 4.74 Å². The number of carbonyl (C=O) groups is 2. The Labute approximate surface area is 157 Å². The molecule has 2 aliphatic rings. The van der Waals surface area contributed by atoms with Gasteiger partial charge in [-0.3, -0.25) is 4.79 Å². The molecular weight excluding hydrogens is 344 g/mol. The Morgan fingerprint density at radius 2 is 2.07 bits per heavy atom. The number of pyridine rings is 1. The second-order valence-corrected chi connectivity index (χ2v) is 7.04. The van der Waals surface area contributed by atoms with Crippen LogP contribution >= 0.6 is 0 Å². The van der Waals surface area contributed by atoms with Gasteiger partial charge in [0.15, 0.2) is 5.82 Å². The predicted octanol–water partition coefficient (Wildman–Crippen LogP) is 3.40. The number of nitrogens with one attached hydrogen (secondary N) is 1. The van der Waals surface area contributed by atoms with Crippen molar-refractivity contribution in [3.63, 3.8) is 0 Å². The van der Waals surface area contributed by atoms with Gasteiger partial charge in [-0.05, 0) is 51.1 Å². The molecule has 3 heterocycles.